The van der Waals surface area contributed by atoms with Gasteiger partial charge in [0.05, 0.1) is 12.1 Å². The maximum atomic E-state index is 12.8. The van der Waals surface area contributed by atoms with Crippen LogP contribution in [-0.2, 0) is 0 Å². The molecule has 0 aliphatic carbocycles. The van der Waals surface area contributed by atoms with Gasteiger partial charge in [0.25, 0.3) is 11.5 Å². The Balaban J connectivity index is 1.48. The lowest BCUT2D eigenvalue weighted by atomic mass is 10.0. The molecule has 2 aromatic carbocycles. The molecule has 0 spiro atoms. The Hall–Kier alpha value is -3.08. The molecule has 1 saturated heterocycles. The van der Waals surface area contributed by atoms with E-state index in [1.807, 2.05) is 71.0 Å². The number of fused-ring (bicyclic) bond motifs is 1. The first-order valence-corrected chi connectivity index (χ1v) is 9.80. The van der Waals surface area contributed by atoms with Crippen LogP contribution in [0.25, 0.3) is 10.9 Å². The summed E-state index contributed by atoms with van der Waals surface area (Å²) in [4.78, 5) is 27.2. The van der Waals surface area contributed by atoms with Gasteiger partial charge in [-0.3, -0.25) is 9.59 Å². The lowest BCUT2D eigenvalue weighted by Gasteiger charge is -2.33. The molecule has 144 valence electrons. The molecule has 3 aromatic rings. The van der Waals surface area contributed by atoms with Crippen molar-refractivity contribution in [3.63, 3.8) is 0 Å². The molecule has 0 saturated carbocycles. The zero-order valence-electron chi connectivity index (χ0n) is 16.0. The van der Waals surface area contributed by atoms with Gasteiger partial charge in [-0.15, -0.1) is 0 Å². The Labute approximate surface area is 164 Å². The van der Waals surface area contributed by atoms with E-state index in [-0.39, 0.29) is 17.5 Å². The predicted molar refractivity (Wildman–Crippen MR) is 110 cm³/mol. The molecule has 0 N–H and O–H groups in total. The molecule has 4 rings (SSSR count). The van der Waals surface area contributed by atoms with Gasteiger partial charge >= 0.3 is 0 Å². The Morgan fingerprint density at radius 2 is 1.71 bits per heavy atom. The third-order valence-corrected chi connectivity index (χ3v) is 5.37. The van der Waals surface area contributed by atoms with Gasteiger partial charge in [-0.1, -0.05) is 18.2 Å². The zero-order valence-corrected chi connectivity index (χ0v) is 16.0. The number of rotatable bonds is 4. The fourth-order valence-electron chi connectivity index (χ4n) is 3.95. The first-order valence-electron chi connectivity index (χ1n) is 9.80. The monoisotopic (exact) mass is 376 g/mol. The number of ether oxygens (including phenoxy) is 1. The first-order chi connectivity index (χ1) is 13.7. The maximum absolute atomic E-state index is 12.8. The quantitative estimate of drug-likeness (QED) is 0.694. The van der Waals surface area contributed by atoms with Crippen molar-refractivity contribution in [2.24, 2.45) is 0 Å². The lowest BCUT2D eigenvalue weighted by molar-refractivity contribution is 0.0695. The molecule has 1 aliphatic heterocycles. The highest BCUT2D eigenvalue weighted by Crippen LogP contribution is 2.26. The number of carbonyl (C=O) groups excluding carboxylic acids is 1. The number of likely N-dealkylation sites (tertiary alicyclic amines) is 1. The fourth-order valence-corrected chi connectivity index (χ4v) is 3.95. The number of benzene rings is 2. The van der Waals surface area contributed by atoms with Crippen LogP contribution in [0.4, 0.5) is 0 Å². The maximum Gasteiger partial charge on any atom is 0.253 e. The summed E-state index contributed by atoms with van der Waals surface area (Å²) in [6.45, 7) is 3.83. The van der Waals surface area contributed by atoms with Crippen molar-refractivity contribution in [1.82, 2.24) is 9.47 Å². The van der Waals surface area contributed by atoms with Crippen LogP contribution >= 0.6 is 0 Å². The van der Waals surface area contributed by atoms with Crippen LogP contribution in [0.5, 0.6) is 5.75 Å². The van der Waals surface area contributed by atoms with E-state index in [1.54, 1.807) is 6.07 Å². The number of hydrogen-bond acceptors (Lipinski definition) is 3. The van der Waals surface area contributed by atoms with Gasteiger partial charge in [-0.2, -0.15) is 0 Å². The summed E-state index contributed by atoms with van der Waals surface area (Å²) >= 11 is 0. The van der Waals surface area contributed by atoms with Crippen molar-refractivity contribution in [3.05, 3.63) is 76.6 Å². The van der Waals surface area contributed by atoms with Crippen molar-refractivity contribution in [1.29, 1.82) is 0 Å². The van der Waals surface area contributed by atoms with Gasteiger partial charge in [0.15, 0.2) is 0 Å². The third kappa shape index (κ3) is 3.52. The SMILES string of the molecule is CCOc1ccc(C(=O)N2CCC(n3c(=O)ccc4ccccc43)CC2)cc1. The summed E-state index contributed by atoms with van der Waals surface area (Å²) < 4.78 is 7.34. The van der Waals surface area contributed by atoms with E-state index in [1.165, 1.54) is 0 Å². The van der Waals surface area contributed by atoms with Crippen LogP contribution in [0, 0.1) is 0 Å². The number of aromatic nitrogens is 1. The summed E-state index contributed by atoms with van der Waals surface area (Å²) in [6, 6.07) is 18.9. The topological polar surface area (TPSA) is 51.5 Å². The van der Waals surface area contributed by atoms with Gasteiger partial charge in [-0.05, 0) is 61.5 Å². The van der Waals surface area contributed by atoms with Crippen molar-refractivity contribution in [2.75, 3.05) is 19.7 Å². The number of pyridine rings is 1. The van der Waals surface area contributed by atoms with E-state index < -0.39 is 0 Å². The number of para-hydroxylation sites is 1. The molecule has 1 amide bonds. The van der Waals surface area contributed by atoms with Crippen molar-refractivity contribution in [3.8, 4) is 5.75 Å². The molecule has 0 atom stereocenters. The summed E-state index contributed by atoms with van der Waals surface area (Å²) in [5.41, 5.74) is 1.66. The second-order valence-corrected chi connectivity index (χ2v) is 7.08. The normalized spacial score (nSPS) is 15.0. The molecule has 0 radical (unpaired) electrons. The van der Waals surface area contributed by atoms with E-state index in [4.69, 9.17) is 4.74 Å². The van der Waals surface area contributed by atoms with Crippen molar-refractivity contribution >= 4 is 16.8 Å². The molecule has 2 heterocycles. The molecular weight excluding hydrogens is 352 g/mol. The van der Waals surface area contributed by atoms with Crippen LogP contribution in [-0.4, -0.2) is 35.1 Å². The van der Waals surface area contributed by atoms with Gasteiger partial charge in [0, 0.05) is 30.8 Å². The fraction of sp³-hybridized carbons (Fsp3) is 0.304. The average Bonchev–Trinajstić information content (AvgIpc) is 2.74. The van der Waals surface area contributed by atoms with E-state index in [2.05, 4.69) is 0 Å². The highest BCUT2D eigenvalue weighted by molar-refractivity contribution is 5.94. The van der Waals surface area contributed by atoms with Crippen molar-refractivity contribution in [2.45, 2.75) is 25.8 Å². The minimum Gasteiger partial charge on any atom is -0.494 e. The van der Waals surface area contributed by atoms with Crippen LogP contribution < -0.4 is 10.3 Å². The Kier molecular flexibility index (Phi) is 5.15. The number of nitrogens with zero attached hydrogens (tertiary/aromatic N) is 2. The molecule has 5 heteroatoms. The molecular formula is C23H24N2O3. The van der Waals surface area contributed by atoms with Crippen LogP contribution in [0.3, 0.4) is 0 Å². The van der Waals surface area contributed by atoms with E-state index >= 15 is 0 Å². The van der Waals surface area contributed by atoms with E-state index in [9.17, 15) is 9.59 Å². The molecule has 1 aromatic heterocycles. The zero-order chi connectivity index (χ0) is 19.5. The number of carbonyl (C=O) groups is 1. The van der Waals surface area contributed by atoms with Crippen LogP contribution in [0.2, 0.25) is 0 Å². The highest BCUT2D eigenvalue weighted by atomic mass is 16.5. The summed E-state index contributed by atoms with van der Waals surface area (Å²) in [5, 5.41) is 1.06. The molecule has 5 nitrogen and oxygen atoms in total. The predicted octanol–water partition coefficient (Wildman–Crippen LogP) is 3.88. The van der Waals surface area contributed by atoms with Crippen LogP contribution in [0.15, 0.2) is 65.5 Å². The minimum atomic E-state index is 0.0231. The van der Waals surface area contributed by atoms with E-state index in [0.717, 1.165) is 29.5 Å². The number of amides is 1. The highest BCUT2D eigenvalue weighted by Gasteiger charge is 2.25. The number of hydrogen-bond donors (Lipinski definition) is 0. The third-order valence-electron chi connectivity index (χ3n) is 5.37. The lowest BCUT2D eigenvalue weighted by Crippen LogP contribution is -2.40. The van der Waals surface area contributed by atoms with Gasteiger partial charge in [0.1, 0.15) is 5.75 Å². The molecule has 28 heavy (non-hydrogen) atoms. The second-order valence-electron chi connectivity index (χ2n) is 7.08. The summed E-state index contributed by atoms with van der Waals surface area (Å²) in [6.07, 6.45) is 1.55. The smallest absolute Gasteiger partial charge is 0.253 e. The standard InChI is InChI=1S/C23H24N2O3/c1-2-28-20-10-7-18(8-11-20)23(27)24-15-13-19(14-16-24)25-21-6-4-3-5-17(21)9-12-22(25)26/h3-12,19H,2,13-16H2,1H3. The van der Waals surface area contributed by atoms with Crippen LogP contribution in [0.1, 0.15) is 36.2 Å². The first kappa shape index (κ1) is 18.3. The van der Waals surface area contributed by atoms with Gasteiger partial charge in [-0.25, -0.2) is 0 Å². The minimum absolute atomic E-state index is 0.0231. The molecule has 0 unspecified atom stereocenters. The van der Waals surface area contributed by atoms with Crippen molar-refractivity contribution < 1.29 is 9.53 Å². The Morgan fingerprint density at radius 3 is 2.43 bits per heavy atom. The summed E-state index contributed by atoms with van der Waals surface area (Å²) in [7, 11) is 0. The average molecular weight is 376 g/mol. The van der Waals surface area contributed by atoms with Gasteiger partial charge in [0.2, 0.25) is 0 Å². The second kappa shape index (κ2) is 7.89. The molecule has 1 fully saturated rings. The summed E-state index contributed by atoms with van der Waals surface area (Å²) in [5.74, 6) is 0.805. The Morgan fingerprint density at radius 1 is 1.00 bits per heavy atom. The van der Waals surface area contributed by atoms with E-state index in [0.29, 0.717) is 25.3 Å². The van der Waals surface area contributed by atoms with Gasteiger partial charge < -0.3 is 14.2 Å². The molecule has 0 bridgehead atoms. The molecule has 1 aliphatic rings. The largest absolute Gasteiger partial charge is 0.494 e. The Bertz CT molecular complexity index is 1030. The number of piperidine rings is 1.